The fourth-order valence-corrected chi connectivity index (χ4v) is 3.90. The predicted octanol–water partition coefficient (Wildman–Crippen LogP) is 3.84. The summed E-state index contributed by atoms with van der Waals surface area (Å²) in [5.74, 6) is 3.73. The molecule has 2 aliphatic carbocycles. The molecule has 0 saturated heterocycles. The summed E-state index contributed by atoms with van der Waals surface area (Å²) >= 11 is 0. The average Bonchev–Trinajstić information content (AvgIpc) is 2.63. The highest BCUT2D eigenvalue weighted by molar-refractivity contribution is 4.85. The van der Waals surface area contributed by atoms with Gasteiger partial charge in [-0.2, -0.15) is 0 Å². The van der Waals surface area contributed by atoms with E-state index in [0.717, 1.165) is 29.7 Å². The summed E-state index contributed by atoms with van der Waals surface area (Å²) < 4.78 is 0. The van der Waals surface area contributed by atoms with E-state index in [2.05, 4.69) is 26.1 Å². The van der Waals surface area contributed by atoms with Crippen molar-refractivity contribution in [1.29, 1.82) is 0 Å². The second kappa shape index (κ2) is 5.53. The maximum atomic E-state index is 3.88. The molecule has 4 unspecified atom stereocenters. The van der Waals surface area contributed by atoms with Gasteiger partial charge in [-0.25, -0.2) is 0 Å². The summed E-state index contributed by atoms with van der Waals surface area (Å²) in [6, 6.07) is 0.796. The van der Waals surface area contributed by atoms with Gasteiger partial charge in [-0.1, -0.05) is 33.6 Å². The standard InChI is InChI=1S/C15H29N/c1-11-7-8-14(9-11)10-16-15-12(2)5-4-6-13(15)3/h11-16H,4-10H2,1-3H3. The second-order valence-electron chi connectivity index (χ2n) is 6.60. The van der Waals surface area contributed by atoms with Gasteiger partial charge in [0.05, 0.1) is 0 Å². The first-order valence-electron chi connectivity index (χ1n) is 7.40. The maximum absolute atomic E-state index is 3.88. The minimum atomic E-state index is 0.796. The molecule has 4 atom stereocenters. The van der Waals surface area contributed by atoms with Gasteiger partial charge in [0.15, 0.2) is 0 Å². The van der Waals surface area contributed by atoms with E-state index in [1.54, 1.807) is 0 Å². The van der Waals surface area contributed by atoms with Crippen LogP contribution in [0.25, 0.3) is 0 Å². The van der Waals surface area contributed by atoms with Crippen molar-refractivity contribution in [2.45, 2.75) is 65.3 Å². The molecule has 0 radical (unpaired) electrons. The van der Waals surface area contributed by atoms with Gasteiger partial charge in [0.25, 0.3) is 0 Å². The van der Waals surface area contributed by atoms with E-state index in [-0.39, 0.29) is 0 Å². The highest BCUT2D eigenvalue weighted by Crippen LogP contribution is 2.32. The minimum Gasteiger partial charge on any atom is -0.313 e. The van der Waals surface area contributed by atoms with Gasteiger partial charge in [0.2, 0.25) is 0 Å². The van der Waals surface area contributed by atoms with Crippen LogP contribution in [-0.4, -0.2) is 12.6 Å². The highest BCUT2D eigenvalue weighted by Gasteiger charge is 2.29. The van der Waals surface area contributed by atoms with Crippen LogP contribution in [0, 0.1) is 23.7 Å². The molecule has 0 aromatic carbocycles. The van der Waals surface area contributed by atoms with Gasteiger partial charge < -0.3 is 5.32 Å². The summed E-state index contributed by atoms with van der Waals surface area (Å²) in [6.45, 7) is 8.56. The third-order valence-corrected chi connectivity index (χ3v) is 4.99. The van der Waals surface area contributed by atoms with Crippen molar-refractivity contribution < 1.29 is 0 Å². The first kappa shape index (κ1) is 12.4. The lowest BCUT2D eigenvalue weighted by atomic mass is 9.78. The zero-order valence-electron chi connectivity index (χ0n) is 11.3. The van der Waals surface area contributed by atoms with Gasteiger partial charge in [-0.05, 0) is 55.9 Å². The van der Waals surface area contributed by atoms with Crippen molar-refractivity contribution in [3.63, 3.8) is 0 Å². The topological polar surface area (TPSA) is 12.0 Å². The van der Waals surface area contributed by atoms with Crippen LogP contribution in [0.1, 0.15) is 59.3 Å². The summed E-state index contributed by atoms with van der Waals surface area (Å²) in [5, 5.41) is 3.88. The fraction of sp³-hybridized carbons (Fsp3) is 1.00. The first-order chi connectivity index (χ1) is 7.66. The van der Waals surface area contributed by atoms with Gasteiger partial charge in [-0.3, -0.25) is 0 Å². The molecular formula is C15H29N. The van der Waals surface area contributed by atoms with Crippen LogP contribution in [0.4, 0.5) is 0 Å². The van der Waals surface area contributed by atoms with Crippen LogP contribution in [0.3, 0.4) is 0 Å². The lowest BCUT2D eigenvalue weighted by molar-refractivity contribution is 0.201. The number of hydrogen-bond acceptors (Lipinski definition) is 1. The van der Waals surface area contributed by atoms with Crippen molar-refractivity contribution in [3.8, 4) is 0 Å². The maximum Gasteiger partial charge on any atom is 0.0118 e. The molecule has 0 heterocycles. The van der Waals surface area contributed by atoms with Crippen LogP contribution in [0.5, 0.6) is 0 Å². The summed E-state index contributed by atoms with van der Waals surface area (Å²) in [4.78, 5) is 0. The van der Waals surface area contributed by atoms with Gasteiger partial charge in [0.1, 0.15) is 0 Å². The number of hydrogen-bond donors (Lipinski definition) is 1. The molecule has 0 spiro atoms. The van der Waals surface area contributed by atoms with Crippen LogP contribution < -0.4 is 5.32 Å². The number of nitrogens with one attached hydrogen (secondary N) is 1. The quantitative estimate of drug-likeness (QED) is 0.766. The fourth-order valence-electron chi connectivity index (χ4n) is 3.90. The van der Waals surface area contributed by atoms with Crippen molar-refractivity contribution in [3.05, 3.63) is 0 Å². The van der Waals surface area contributed by atoms with E-state index in [4.69, 9.17) is 0 Å². The predicted molar refractivity (Wildman–Crippen MR) is 70.5 cm³/mol. The summed E-state index contributed by atoms with van der Waals surface area (Å²) in [7, 11) is 0. The Morgan fingerprint density at radius 1 is 0.938 bits per heavy atom. The van der Waals surface area contributed by atoms with Crippen LogP contribution in [0.15, 0.2) is 0 Å². The molecule has 2 rings (SSSR count). The summed E-state index contributed by atoms with van der Waals surface area (Å²) in [6.07, 6.45) is 8.70. The van der Waals surface area contributed by atoms with E-state index in [1.807, 2.05) is 0 Å². The largest absolute Gasteiger partial charge is 0.313 e. The van der Waals surface area contributed by atoms with Crippen LogP contribution in [0.2, 0.25) is 0 Å². The van der Waals surface area contributed by atoms with Crippen molar-refractivity contribution in [1.82, 2.24) is 5.32 Å². The second-order valence-corrected chi connectivity index (χ2v) is 6.60. The van der Waals surface area contributed by atoms with E-state index >= 15 is 0 Å². The molecule has 2 aliphatic rings. The van der Waals surface area contributed by atoms with E-state index in [1.165, 1.54) is 45.1 Å². The molecule has 0 aromatic heterocycles. The first-order valence-corrected chi connectivity index (χ1v) is 7.40. The SMILES string of the molecule is CC1CCC(CNC2C(C)CCCC2C)C1. The molecule has 0 aliphatic heterocycles. The van der Waals surface area contributed by atoms with Gasteiger partial charge >= 0.3 is 0 Å². The molecule has 0 aromatic rings. The average molecular weight is 223 g/mol. The zero-order chi connectivity index (χ0) is 11.5. The Bertz CT molecular complexity index is 203. The molecule has 1 nitrogen and oxygen atoms in total. The molecule has 1 N–H and O–H groups in total. The van der Waals surface area contributed by atoms with Gasteiger partial charge in [-0.15, -0.1) is 0 Å². The molecule has 2 saturated carbocycles. The molecule has 0 bridgehead atoms. The Morgan fingerprint density at radius 3 is 2.19 bits per heavy atom. The minimum absolute atomic E-state index is 0.796. The summed E-state index contributed by atoms with van der Waals surface area (Å²) in [5.41, 5.74) is 0. The molecule has 2 fully saturated rings. The normalized spacial score (nSPS) is 44.8. The van der Waals surface area contributed by atoms with Crippen molar-refractivity contribution in [2.75, 3.05) is 6.54 Å². The monoisotopic (exact) mass is 223 g/mol. The lowest BCUT2D eigenvalue weighted by Crippen LogP contribution is -2.44. The van der Waals surface area contributed by atoms with Gasteiger partial charge in [0, 0.05) is 6.04 Å². The van der Waals surface area contributed by atoms with Crippen LogP contribution >= 0.6 is 0 Å². The third kappa shape index (κ3) is 3.00. The Labute approximate surface area is 101 Å². The molecule has 94 valence electrons. The molecule has 16 heavy (non-hydrogen) atoms. The molecular weight excluding hydrogens is 194 g/mol. The van der Waals surface area contributed by atoms with Crippen molar-refractivity contribution in [2.24, 2.45) is 23.7 Å². The highest BCUT2D eigenvalue weighted by atomic mass is 14.9. The number of rotatable bonds is 3. The molecule has 0 amide bonds. The smallest absolute Gasteiger partial charge is 0.0118 e. The Morgan fingerprint density at radius 2 is 1.62 bits per heavy atom. The van der Waals surface area contributed by atoms with Crippen LogP contribution in [-0.2, 0) is 0 Å². The zero-order valence-corrected chi connectivity index (χ0v) is 11.3. The Kier molecular flexibility index (Phi) is 4.29. The Balaban J connectivity index is 1.75. The van der Waals surface area contributed by atoms with E-state index < -0.39 is 0 Å². The Hall–Kier alpha value is -0.0400. The third-order valence-electron chi connectivity index (χ3n) is 4.99. The van der Waals surface area contributed by atoms with E-state index in [0.29, 0.717) is 0 Å². The van der Waals surface area contributed by atoms with E-state index in [9.17, 15) is 0 Å². The van der Waals surface area contributed by atoms with Crippen molar-refractivity contribution >= 4 is 0 Å². The molecule has 1 heteroatoms. The lowest BCUT2D eigenvalue weighted by Gasteiger charge is -2.36.